The van der Waals surface area contributed by atoms with Gasteiger partial charge in [-0.2, -0.15) is 0 Å². The van der Waals surface area contributed by atoms with Crippen LogP contribution in [0.2, 0.25) is 0 Å². The van der Waals surface area contributed by atoms with E-state index in [1.54, 1.807) is 25.4 Å². The lowest BCUT2D eigenvalue weighted by atomic mass is 10.0. The molecule has 5 heteroatoms. The zero-order chi connectivity index (χ0) is 15.9. The molecule has 0 saturated heterocycles. The molecule has 2 aromatic rings. The maximum Gasteiger partial charge on any atom is 0.311 e. The molecule has 0 bridgehead atoms. The number of methoxy groups -OCH3 is 1. The number of rotatable bonds is 7. The van der Waals surface area contributed by atoms with E-state index in [0.29, 0.717) is 12.5 Å². The first-order chi connectivity index (χ1) is 10.6. The number of carbonyl (C=O) groups excluding carboxylic acids is 1. The van der Waals surface area contributed by atoms with Crippen molar-refractivity contribution in [2.45, 2.75) is 32.6 Å². The average molecular weight is 319 g/mol. The van der Waals surface area contributed by atoms with Gasteiger partial charge in [0.15, 0.2) is 0 Å². The number of aromatic nitrogens is 1. The van der Waals surface area contributed by atoms with Gasteiger partial charge in [0.1, 0.15) is 5.75 Å². The largest absolute Gasteiger partial charge is 0.497 e. The van der Waals surface area contributed by atoms with E-state index in [9.17, 15) is 4.79 Å². The van der Waals surface area contributed by atoms with Crippen molar-refractivity contribution in [3.05, 3.63) is 45.9 Å². The number of thiazole rings is 1. The van der Waals surface area contributed by atoms with Crippen molar-refractivity contribution in [2.75, 3.05) is 13.7 Å². The second kappa shape index (κ2) is 7.94. The van der Waals surface area contributed by atoms with E-state index in [1.807, 2.05) is 17.5 Å². The molecule has 0 spiro atoms. The van der Waals surface area contributed by atoms with E-state index in [4.69, 9.17) is 9.47 Å². The molecule has 22 heavy (non-hydrogen) atoms. The van der Waals surface area contributed by atoms with E-state index in [0.717, 1.165) is 22.9 Å². The molecule has 0 radical (unpaired) electrons. The van der Waals surface area contributed by atoms with Crippen molar-refractivity contribution in [3.8, 4) is 5.75 Å². The molecule has 2 rings (SSSR count). The van der Waals surface area contributed by atoms with Gasteiger partial charge in [-0.15, -0.1) is 11.3 Å². The van der Waals surface area contributed by atoms with E-state index in [2.05, 4.69) is 24.0 Å². The standard InChI is InChI=1S/C17H21NO3S/c1-4-21-16(19)10-14-11-22-17(18-14)12(2)9-13-5-7-15(20-3)8-6-13/h5-8,11-12H,4,9-10H2,1-3H3. The van der Waals surface area contributed by atoms with E-state index in [1.165, 1.54) is 5.56 Å². The summed E-state index contributed by atoms with van der Waals surface area (Å²) in [4.78, 5) is 16.0. The Balaban J connectivity index is 1.95. The summed E-state index contributed by atoms with van der Waals surface area (Å²) < 4.78 is 10.1. The van der Waals surface area contributed by atoms with E-state index < -0.39 is 0 Å². The maximum atomic E-state index is 11.5. The topological polar surface area (TPSA) is 48.4 Å². The third kappa shape index (κ3) is 4.56. The average Bonchev–Trinajstić information content (AvgIpc) is 2.97. The molecule has 0 saturated carbocycles. The normalized spacial score (nSPS) is 12.0. The number of hydrogen-bond donors (Lipinski definition) is 0. The van der Waals surface area contributed by atoms with Crippen LogP contribution in [-0.4, -0.2) is 24.7 Å². The third-order valence-electron chi connectivity index (χ3n) is 3.32. The minimum atomic E-state index is -0.220. The van der Waals surface area contributed by atoms with Gasteiger partial charge in [-0.05, 0) is 31.0 Å². The summed E-state index contributed by atoms with van der Waals surface area (Å²) in [7, 11) is 1.66. The van der Waals surface area contributed by atoms with Crippen LogP contribution in [-0.2, 0) is 22.4 Å². The Morgan fingerprint density at radius 3 is 2.68 bits per heavy atom. The summed E-state index contributed by atoms with van der Waals surface area (Å²) in [6.45, 7) is 4.36. The lowest BCUT2D eigenvalue weighted by Crippen LogP contribution is -2.08. The second-order valence-electron chi connectivity index (χ2n) is 5.11. The fourth-order valence-corrected chi connectivity index (χ4v) is 3.07. The van der Waals surface area contributed by atoms with Crippen LogP contribution in [0.3, 0.4) is 0 Å². The Labute approximate surface area is 135 Å². The zero-order valence-electron chi connectivity index (χ0n) is 13.2. The Morgan fingerprint density at radius 2 is 2.05 bits per heavy atom. The molecule has 118 valence electrons. The van der Waals surface area contributed by atoms with Crippen LogP contribution < -0.4 is 4.74 Å². The highest BCUT2D eigenvalue weighted by molar-refractivity contribution is 7.09. The molecule has 1 aromatic heterocycles. The van der Waals surface area contributed by atoms with Crippen molar-refractivity contribution in [1.82, 2.24) is 4.98 Å². The molecular formula is C17H21NO3S. The number of carbonyl (C=O) groups is 1. The Kier molecular flexibility index (Phi) is 5.95. The molecule has 0 N–H and O–H groups in total. The number of ether oxygens (including phenoxy) is 2. The molecule has 0 aliphatic carbocycles. The molecule has 1 atom stereocenters. The smallest absolute Gasteiger partial charge is 0.311 e. The van der Waals surface area contributed by atoms with Gasteiger partial charge in [0.2, 0.25) is 0 Å². The van der Waals surface area contributed by atoms with E-state index >= 15 is 0 Å². The molecule has 0 aliphatic rings. The maximum absolute atomic E-state index is 11.5. The molecule has 0 aliphatic heterocycles. The highest BCUT2D eigenvalue weighted by Crippen LogP contribution is 2.25. The number of nitrogens with zero attached hydrogens (tertiary/aromatic N) is 1. The van der Waals surface area contributed by atoms with Crippen LogP contribution in [0.1, 0.15) is 36.0 Å². The summed E-state index contributed by atoms with van der Waals surface area (Å²) in [5, 5.41) is 2.99. The SMILES string of the molecule is CCOC(=O)Cc1csc(C(C)Cc2ccc(OC)cc2)n1. The van der Waals surface area contributed by atoms with Crippen LogP contribution in [0, 0.1) is 0 Å². The molecular weight excluding hydrogens is 298 g/mol. The summed E-state index contributed by atoms with van der Waals surface area (Å²) in [5.74, 6) is 0.957. The molecule has 1 unspecified atom stereocenters. The van der Waals surface area contributed by atoms with Gasteiger partial charge in [0, 0.05) is 11.3 Å². The number of esters is 1. The van der Waals surface area contributed by atoms with Crippen molar-refractivity contribution in [1.29, 1.82) is 0 Å². The molecule has 1 aromatic carbocycles. The summed E-state index contributed by atoms with van der Waals surface area (Å²) in [6.07, 6.45) is 1.16. The highest BCUT2D eigenvalue weighted by Gasteiger charge is 2.13. The van der Waals surface area contributed by atoms with Gasteiger partial charge in [-0.1, -0.05) is 19.1 Å². The van der Waals surface area contributed by atoms with Crippen molar-refractivity contribution < 1.29 is 14.3 Å². The monoisotopic (exact) mass is 319 g/mol. The predicted molar refractivity (Wildman–Crippen MR) is 87.6 cm³/mol. The fraction of sp³-hybridized carbons (Fsp3) is 0.412. The fourth-order valence-electron chi connectivity index (χ4n) is 2.19. The minimum absolute atomic E-state index is 0.220. The molecule has 0 amide bonds. The Bertz CT molecular complexity index is 607. The summed E-state index contributed by atoms with van der Waals surface area (Å²) in [5.41, 5.74) is 2.04. The van der Waals surface area contributed by atoms with E-state index in [-0.39, 0.29) is 12.4 Å². The second-order valence-corrected chi connectivity index (χ2v) is 6.00. The van der Waals surface area contributed by atoms with Crippen molar-refractivity contribution >= 4 is 17.3 Å². The number of benzene rings is 1. The van der Waals surface area contributed by atoms with Gasteiger partial charge in [0.25, 0.3) is 0 Å². The van der Waals surface area contributed by atoms with Gasteiger partial charge < -0.3 is 9.47 Å². The van der Waals surface area contributed by atoms with Gasteiger partial charge in [-0.25, -0.2) is 4.98 Å². The van der Waals surface area contributed by atoms with Crippen LogP contribution in [0.15, 0.2) is 29.6 Å². The predicted octanol–water partition coefficient (Wildman–Crippen LogP) is 3.60. The summed E-state index contributed by atoms with van der Waals surface area (Å²) in [6, 6.07) is 8.08. The van der Waals surface area contributed by atoms with Crippen LogP contribution in [0.5, 0.6) is 5.75 Å². The van der Waals surface area contributed by atoms with Crippen molar-refractivity contribution in [2.24, 2.45) is 0 Å². The van der Waals surface area contributed by atoms with Gasteiger partial charge in [-0.3, -0.25) is 4.79 Å². The van der Waals surface area contributed by atoms with Crippen LogP contribution in [0.25, 0.3) is 0 Å². The quantitative estimate of drug-likeness (QED) is 0.732. The Morgan fingerprint density at radius 1 is 1.32 bits per heavy atom. The van der Waals surface area contributed by atoms with Gasteiger partial charge in [0.05, 0.1) is 30.8 Å². The first kappa shape index (κ1) is 16.5. The lowest BCUT2D eigenvalue weighted by Gasteiger charge is -2.09. The molecule has 1 heterocycles. The highest BCUT2D eigenvalue weighted by atomic mass is 32.1. The van der Waals surface area contributed by atoms with Crippen LogP contribution >= 0.6 is 11.3 Å². The van der Waals surface area contributed by atoms with Gasteiger partial charge >= 0.3 is 5.97 Å². The van der Waals surface area contributed by atoms with Crippen molar-refractivity contribution in [3.63, 3.8) is 0 Å². The molecule has 0 fully saturated rings. The lowest BCUT2D eigenvalue weighted by molar-refractivity contribution is -0.142. The molecule has 4 nitrogen and oxygen atoms in total. The number of hydrogen-bond acceptors (Lipinski definition) is 5. The van der Waals surface area contributed by atoms with Crippen LogP contribution in [0.4, 0.5) is 0 Å². The Hall–Kier alpha value is -1.88. The minimum Gasteiger partial charge on any atom is -0.497 e. The zero-order valence-corrected chi connectivity index (χ0v) is 14.0. The summed E-state index contributed by atoms with van der Waals surface area (Å²) >= 11 is 1.60. The first-order valence-electron chi connectivity index (χ1n) is 7.35. The third-order valence-corrected chi connectivity index (χ3v) is 4.45. The first-order valence-corrected chi connectivity index (χ1v) is 8.23.